The molecule has 0 N–H and O–H groups in total. The Labute approximate surface area is 110 Å². The first kappa shape index (κ1) is 11.9. The molecule has 0 bridgehead atoms. The Bertz CT molecular complexity index is 662. The molecule has 2 aromatic rings. The fourth-order valence-corrected chi connectivity index (χ4v) is 2.42. The van der Waals surface area contributed by atoms with E-state index in [1.807, 2.05) is 12.1 Å². The van der Waals surface area contributed by atoms with Crippen LogP contribution in [-0.4, -0.2) is 12.4 Å². The number of fused-ring (bicyclic) bond motifs is 1. The molecule has 0 saturated heterocycles. The van der Waals surface area contributed by atoms with Gasteiger partial charge in [-0.15, -0.1) is 0 Å². The molecule has 2 aromatic carbocycles. The molecule has 1 heterocycles. The van der Waals surface area contributed by atoms with Crippen LogP contribution in [0.25, 0.3) is 0 Å². The standard InChI is InChI=1S/C16H13FO2/c1-10-9-12(17)5-6-13(10)15(18)14-4-2-3-11-7-8-19-16(11)14/h2-6,9H,7-8H2,1H3. The zero-order valence-electron chi connectivity index (χ0n) is 10.6. The van der Waals surface area contributed by atoms with Gasteiger partial charge in [0.05, 0.1) is 12.2 Å². The van der Waals surface area contributed by atoms with Crippen molar-refractivity contribution in [1.82, 2.24) is 0 Å². The van der Waals surface area contributed by atoms with Crippen LogP contribution in [0.5, 0.6) is 5.75 Å². The lowest BCUT2D eigenvalue weighted by Crippen LogP contribution is -2.06. The van der Waals surface area contributed by atoms with Gasteiger partial charge in [0, 0.05) is 12.0 Å². The Balaban J connectivity index is 2.08. The van der Waals surface area contributed by atoms with E-state index in [-0.39, 0.29) is 11.6 Å². The molecule has 96 valence electrons. The second-order valence-corrected chi connectivity index (χ2v) is 4.68. The van der Waals surface area contributed by atoms with E-state index in [1.54, 1.807) is 13.0 Å². The summed E-state index contributed by atoms with van der Waals surface area (Å²) in [6.07, 6.45) is 0.832. The fourth-order valence-electron chi connectivity index (χ4n) is 2.42. The highest BCUT2D eigenvalue weighted by atomic mass is 19.1. The third-order valence-corrected chi connectivity index (χ3v) is 3.39. The Morgan fingerprint density at radius 3 is 2.84 bits per heavy atom. The third-order valence-electron chi connectivity index (χ3n) is 3.39. The van der Waals surface area contributed by atoms with Gasteiger partial charge in [0.1, 0.15) is 11.6 Å². The molecule has 0 spiro atoms. The number of rotatable bonds is 2. The smallest absolute Gasteiger partial charge is 0.197 e. The third kappa shape index (κ3) is 2.01. The second-order valence-electron chi connectivity index (χ2n) is 4.68. The van der Waals surface area contributed by atoms with Crippen LogP contribution in [0.1, 0.15) is 27.0 Å². The maximum atomic E-state index is 13.1. The number of carbonyl (C=O) groups is 1. The Hall–Kier alpha value is -2.16. The topological polar surface area (TPSA) is 26.3 Å². The van der Waals surface area contributed by atoms with Crippen molar-refractivity contribution in [3.05, 3.63) is 64.5 Å². The number of halogens is 1. The van der Waals surface area contributed by atoms with Crippen LogP contribution in [-0.2, 0) is 6.42 Å². The molecule has 0 atom stereocenters. The predicted molar refractivity (Wildman–Crippen MR) is 70.2 cm³/mol. The van der Waals surface area contributed by atoms with Crippen LogP contribution >= 0.6 is 0 Å². The second kappa shape index (κ2) is 4.50. The molecule has 1 aliphatic heterocycles. The highest BCUT2D eigenvalue weighted by Crippen LogP contribution is 2.31. The van der Waals surface area contributed by atoms with Gasteiger partial charge < -0.3 is 4.74 Å². The van der Waals surface area contributed by atoms with Gasteiger partial charge in [0.25, 0.3) is 0 Å². The van der Waals surface area contributed by atoms with Crippen molar-refractivity contribution in [1.29, 1.82) is 0 Å². The average molecular weight is 256 g/mol. The van der Waals surface area contributed by atoms with E-state index in [0.29, 0.717) is 29.0 Å². The fraction of sp³-hybridized carbons (Fsp3) is 0.188. The number of para-hydroxylation sites is 1. The molecule has 0 aliphatic carbocycles. The van der Waals surface area contributed by atoms with Gasteiger partial charge in [-0.25, -0.2) is 4.39 Å². The van der Waals surface area contributed by atoms with Crippen molar-refractivity contribution < 1.29 is 13.9 Å². The highest BCUT2D eigenvalue weighted by molar-refractivity contribution is 6.11. The van der Waals surface area contributed by atoms with Crippen LogP contribution in [0.3, 0.4) is 0 Å². The summed E-state index contributed by atoms with van der Waals surface area (Å²) in [4.78, 5) is 12.5. The maximum Gasteiger partial charge on any atom is 0.197 e. The molecule has 0 aromatic heterocycles. The highest BCUT2D eigenvalue weighted by Gasteiger charge is 2.22. The minimum atomic E-state index is -0.330. The summed E-state index contributed by atoms with van der Waals surface area (Å²) >= 11 is 0. The SMILES string of the molecule is Cc1cc(F)ccc1C(=O)c1cccc2c1OCC2. The minimum Gasteiger partial charge on any atom is -0.492 e. The zero-order chi connectivity index (χ0) is 13.4. The van der Waals surface area contributed by atoms with E-state index in [9.17, 15) is 9.18 Å². The molecule has 0 fully saturated rings. The van der Waals surface area contributed by atoms with E-state index in [1.165, 1.54) is 18.2 Å². The van der Waals surface area contributed by atoms with E-state index in [2.05, 4.69) is 0 Å². The van der Waals surface area contributed by atoms with E-state index < -0.39 is 0 Å². The van der Waals surface area contributed by atoms with E-state index in [4.69, 9.17) is 4.74 Å². The van der Waals surface area contributed by atoms with Crippen molar-refractivity contribution in [3.63, 3.8) is 0 Å². The summed E-state index contributed by atoms with van der Waals surface area (Å²) in [5, 5.41) is 0. The van der Waals surface area contributed by atoms with E-state index in [0.717, 1.165) is 12.0 Å². The first-order valence-corrected chi connectivity index (χ1v) is 6.22. The molecule has 2 nitrogen and oxygen atoms in total. The molecule has 19 heavy (non-hydrogen) atoms. The van der Waals surface area contributed by atoms with Crippen molar-refractivity contribution in [2.75, 3.05) is 6.61 Å². The van der Waals surface area contributed by atoms with Crippen molar-refractivity contribution in [3.8, 4) is 5.75 Å². The summed E-state index contributed by atoms with van der Waals surface area (Å²) in [7, 11) is 0. The number of hydrogen-bond acceptors (Lipinski definition) is 2. The Morgan fingerprint density at radius 1 is 1.21 bits per heavy atom. The van der Waals surface area contributed by atoms with E-state index >= 15 is 0 Å². The predicted octanol–water partition coefficient (Wildman–Crippen LogP) is 3.30. The summed E-state index contributed by atoms with van der Waals surface area (Å²) in [6.45, 7) is 2.35. The number of aryl methyl sites for hydroxylation is 1. The van der Waals surface area contributed by atoms with Gasteiger partial charge in [-0.3, -0.25) is 4.79 Å². The van der Waals surface area contributed by atoms with Crippen LogP contribution in [0, 0.1) is 12.7 Å². The molecular weight excluding hydrogens is 243 g/mol. The zero-order valence-corrected chi connectivity index (χ0v) is 10.6. The van der Waals surface area contributed by atoms with Gasteiger partial charge in [-0.05, 0) is 42.3 Å². The summed E-state index contributed by atoms with van der Waals surface area (Å²) in [5.74, 6) is 0.232. The summed E-state index contributed by atoms with van der Waals surface area (Å²) < 4.78 is 18.6. The normalized spacial score (nSPS) is 12.9. The monoisotopic (exact) mass is 256 g/mol. The molecule has 0 amide bonds. The molecule has 1 aliphatic rings. The number of ether oxygens (including phenoxy) is 1. The van der Waals surface area contributed by atoms with Crippen molar-refractivity contribution in [2.24, 2.45) is 0 Å². The maximum absolute atomic E-state index is 13.1. The van der Waals surface area contributed by atoms with Crippen LogP contribution < -0.4 is 4.74 Å². The first-order valence-electron chi connectivity index (χ1n) is 6.22. The number of benzene rings is 2. The minimum absolute atomic E-state index is 0.115. The number of ketones is 1. The summed E-state index contributed by atoms with van der Waals surface area (Å²) in [5.41, 5.74) is 2.78. The first-order chi connectivity index (χ1) is 9.16. The molecule has 0 radical (unpaired) electrons. The van der Waals surface area contributed by atoms with Crippen LogP contribution in [0.15, 0.2) is 36.4 Å². The van der Waals surface area contributed by atoms with Gasteiger partial charge in [-0.1, -0.05) is 12.1 Å². The van der Waals surface area contributed by atoms with Crippen molar-refractivity contribution in [2.45, 2.75) is 13.3 Å². The number of carbonyl (C=O) groups excluding carboxylic acids is 1. The largest absolute Gasteiger partial charge is 0.492 e. The lowest BCUT2D eigenvalue weighted by Gasteiger charge is -2.09. The van der Waals surface area contributed by atoms with Gasteiger partial charge in [0.2, 0.25) is 0 Å². The molecule has 3 heteroatoms. The molecular formula is C16H13FO2. The number of hydrogen-bond donors (Lipinski definition) is 0. The lowest BCUT2D eigenvalue weighted by molar-refractivity contribution is 0.103. The van der Waals surface area contributed by atoms with Crippen LogP contribution in [0.2, 0.25) is 0 Å². The lowest BCUT2D eigenvalue weighted by atomic mass is 9.97. The average Bonchev–Trinajstić information content (AvgIpc) is 2.86. The Morgan fingerprint density at radius 2 is 2.05 bits per heavy atom. The Kier molecular flexibility index (Phi) is 2.82. The summed E-state index contributed by atoms with van der Waals surface area (Å²) in [6, 6.07) is 9.80. The molecule has 0 saturated carbocycles. The molecule has 3 rings (SSSR count). The van der Waals surface area contributed by atoms with Crippen molar-refractivity contribution >= 4 is 5.78 Å². The quantitative estimate of drug-likeness (QED) is 0.771. The van der Waals surface area contributed by atoms with Crippen LogP contribution in [0.4, 0.5) is 4.39 Å². The van der Waals surface area contributed by atoms with Gasteiger partial charge >= 0.3 is 0 Å². The van der Waals surface area contributed by atoms with Gasteiger partial charge in [-0.2, -0.15) is 0 Å². The molecule has 0 unspecified atom stereocenters. The van der Waals surface area contributed by atoms with Gasteiger partial charge in [0.15, 0.2) is 5.78 Å².